The van der Waals surface area contributed by atoms with E-state index in [0.717, 1.165) is 25.3 Å². The highest BCUT2D eigenvalue weighted by molar-refractivity contribution is 5.97. The van der Waals surface area contributed by atoms with Crippen molar-refractivity contribution in [3.8, 4) is 0 Å². The first-order valence-corrected chi connectivity index (χ1v) is 12.3. The van der Waals surface area contributed by atoms with Crippen molar-refractivity contribution in [2.24, 2.45) is 0 Å². The van der Waals surface area contributed by atoms with Crippen molar-refractivity contribution in [3.63, 3.8) is 0 Å². The molecule has 0 aliphatic heterocycles. The van der Waals surface area contributed by atoms with Gasteiger partial charge in [-0.1, -0.05) is 90.0 Å². The minimum Gasteiger partial charge on any atom is -0.464 e. The molecule has 32 heavy (non-hydrogen) atoms. The minimum atomic E-state index is -0.983. The molecular formula is C26H41F2NO3. The molecule has 0 aliphatic rings. The molecule has 1 N–H and O–H groups in total. The predicted molar refractivity (Wildman–Crippen MR) is 125 cm³/mol. The molecule has 0 saturated heterocycles. The number of amides is 1. The number of carbonyl (C=O) groups excluding carboxylic acids is 2. The fraction of sp³-hybridized carbons (Fsp3) is 0.692. The lowest BCUT2D eigenvalue weighted by molar-refractivity contribution is -0.145. The minimum absolute atomic E-state index is 0.161. The maximum atomic E-state index is 14.0. The molecule has 0 saturated carbocycles. The Hall–Kier alpha value is -1.98. The number of unbranched alkanes of at least 4 members (excludes halogenated alkanes) is 12. The highest BCUT2D eigenvalue weighted by atomic mass is 19.1. The van der Waals surface area contributed by atoms with Gasteiger partial charge in [0.2, 0.25) is 0 Å². The van der Waals surface area contributed by atoms with Gasteiger partial charge in [0.05, 0.1) is 6.61 Å². The van der Waals surface area contributed by atoms with E-state index in [9.17, 15) is 18.4 Å². The number of hydrogen-bond acceptors (Lipinski definition) is 3. The third kappa shape index (κ3) is 11.1. The number of benzene rings is 1. The van der Waals surface area contributed by atoms with Crippen molar-refractivity contribution >= 4 is 11.9 Å². The summed E-state index contributed by atoms with van der Waals surface area (Å²) in [6.45, 7) is 5.41. The molecule has 0 radical (unpaired) electrons. The van der Waals surface area contributed by atoms with E-state index in [-0.39, 0.29) is 12.2 Å². The van der Waals surface area contributed by atoms with Gasteiger partial charge in [-0.25, -0.2) is 13.6 Å². The summed E-state index contributed by atoms with van der Waals surface area (Å²) >= 11 is 0. The van der Waals surface area contributed by atoms with Crippen LogP contribution >= 0.6 is 0 Å². The number of rotatable bonds is 17. The molecule has 1 amide bonds. The van der Waals surface area contributed by atoms with Crippen LogP contribution < -0.4 is 5.32 Å². The molecule has 182 valence electrons. The molecular weight excluding hydrogens is 412 g/mol. The van der Waals surface area contributed by atoms with Crippen molar-refractivity contribution in [2.75, 3.05) is 6.61 Å². The maximum absolute atomic E-state index is 14.0. The Morgan fingerprint density at radius 2 is 1.38 bits per heavy atom. The molecule has 0 heterocycles. The zero-order valence-electron chi connectivity index (χ0n) is 20.1. The van der Waals surface area contributed by atoms with E-state index >= 15 is 0 Å². The van der Waals surface area contributed by atoms with Crippen molar-refractivity contribution in [1.82, 2.24) is 5.32 Å². The normalized spacial score (nSPS) is 11.9. The number of carbonyl (C=O) groups is 2. The summed E-state index contributed by atoms with van der Waals surface area (Å²) in [7, 11) is 0. The summed E-state index contributed by atoms with van der Waals surface area (Å²) in [6.07, 6.45) is 16.0. The summed E-state index contributed by atoms with van der Waals surface area (Å²) in [6, 6.07) is 1.31. The Morgan fingerprint density at radius 3 is 1.91 bits per heavy atom. The SMILES string of the molecule is CCCCCCCCCCCCCCCOC(=O)C(C)NC(=O)c1c(F)ccc(C)c1F. The van der Waals surface area contributed by atoms with Gasteiger partial charge in [-0.3, -0.25) is 4.79 Å². The van der Waals surface area contributed by atoms with Gasteiger partial charge in [-0.05, 0) is 31.9 Å². The molecule has 0 fully saturated rings. The van der Waals surface area contributed by atoms with Crippen LogP contribution in [-0.4, -0.2) is 24.5 Å². The molecule has 1 unspecified atom stereocenters. The van der Waals surface area contributed by atoms with E-state index in [1.165, 1.54) is 84.1 Å². The van der Waals surface area contributed by atoms with E-state index in [1.54, 1.807) is 0 Å². The summed E-state index contributed by atoms with van der Waals surface area (Å²) < 4.78 is 33.0. The molecule has 0 aromatic heterocycles. The number of halogens is 2. The predicted octanol–water partition coefficient (Wildman–Crippen LogP) is 7.03. The average Bonchev–Trinajstić information content (AvgIpc) is 2.76. The zero-order chi connectivity index (χ0) is 23.8. The Labute approximate surface area is 192 Å². The van der Waals surface area contributed by atoms with E-state index in [1.807, 2.05) is 0 Å². The van der Waals surface area contributed by atoms with Crippen molar-refractivity contribution in [3.05, 3.63) is 34.9 Å². The van der Waals surface area contributed by atoms with Crippen LogP contribution in [0.25, 0.3) is 0 Å². The number of hydrogen-bond donors (Lipinski definition) is 1. The van der Waals surface area contributed by atoms with Gasteiger partial charge < -0.3 is 10.1 Å². The fourth-order valence-electron chi connectivity index (χ4n) is 3.61. The van der Waals surface area contributed by atoms with Crippen LogP contribution in [0, 0.1) is 18.6 Å². The van der Waals surface area contributed by atoms with Crippen molar-refractivity contribution in [1.29, 1.82) is 0 Å². The number of aryl methyl sites for hydroxylation is 1. The molecule has 1 aromatic carbocycles. The molecule has 1 atom stereocenters. The van der Waals surface area contributed by atoms with Gasteiger partial charge >= 0.3 is 5.97 Å². The van der Waals surface area contributed by atoms with E-state index < -0.39 is 35.1 Å². The van der Waals surface area contributed by atoms with Crippen LogP contribution in [0.15, 0.2) is 12.1 Å². The van der Waals surface area contributed by atoms with Gasteiger partial charge in [0, 0.05) is 0 Å². The van der Waals surface area contributed by atoms with Crippen LogP contribution in [0.5, 0.6) is 0 Å². The van der Waals surface area contributed by atoms with Gasteiger partial charge in [0.25, 0.3) is 5.91 Å². The van der Waals surface area contributed by atoms with Gasteiger partial charge in [-0.2, -0.15) is 0 Å². The summed E-state index contributed by atoms with van der Waals surface area (Å²) in [5, 5.41) is 2.31. The van der Waals surface area contributed by atoms with E-state index in [4.69, 9.17) is 4.74 Å². The largest absolute Gasteiger partial charge is 0.464 e. The second-order valence-corrected chi connectivity index (χ2v) is 8.66. The van der Waals surface area contributed by atoms with Crippen molar-refractivity contribution < 1.29 is 23.1 Å². The summed E-state index contributed by atoms with van der Waals surface area (Å²) in [5.41, 5.74) is -0.518. The second-order valence-electron chi connectivity index (χ2n) is 8.66. The van der Waals surface area contributed by atoms with Crippen LogP contribution in [0.4, 0.5) is 8.78 Å². The van der Waals surface area contributed by atoms with E-state index in [2.05, 4.69) is 12.2 Å². The van der Waals surface area contributed by atoms with Crippen molar-refractivity contribution in [2.45, 2.75) is 110 Å². The van der Waals surface area contributed by atoms with Gasteiger partial charge in [-0.15, -0.1) is 0 Å². The summed E-state index contributed by atoms with van der Waals surface area (Å²) in [5.74, 6) is -3.45. The topological polar surface area (TPSA) is 55.4 Å². The van der Waals surface area contributed by atoms with E-state index in [0.29, 0.717) is 0 Å². The number of nitrogens with one attached hydrogen (secondary N) is 1. The highest BCUT2D eigenvalue weighted by Crippen LogP contribution is 2.16. The maximum Gasteiger partial charge on any atom is 0.328 e. The molecule has 0 spiro atoms. The lowest BCUT2D eigenvalue weighted by Crippen LogP contribution is -2.40. The highest BCUT2D eigenvalue weighted by Gasteiger charge is 2.23. The van der Waals surface area contributed by atoms with Crippen LogP contribution in [-0.2, 0) is 9.53 Å². The Balaban J connectivity index is 2.09. The molecule has 1 aromatic rings. The van der Waals surface area contributed by atoms with Crippen LogP contribution in [0.1, 0.15) is 113 Å². The third-order valence-corrected chi connectivity index (χ3v) is 5.70. The first-order chi connectivity index (χ1) is 15.4. The lowest BCUT2D eigenvalue weighted by atomic mass is 10.0. The average molecular weight is 454 g/mol. The first kappa shape index (κ1) is 28.1. The smallest absolute Gasteiger partial charge is 0.328 e. The first-order valence-electron chi connectivity index (χ1n) is 12.3. The third-order valence-electron chi connectivity index (χ3n) is 5.70. The monoisotopic (exact) mass is 453 g/mol. The molecule has 4 nitrogen and oxygen atoms in total. The van der Waals surface area contributed by atoms with Crippen LogP contribution in [0.3, 0.4) is 0 Å². The standard InChI is InChI=1S/C26H41F2NO3/c1-4-5-6-7-8-9-10-11-12-13-14-15-16-19-32-26(31)21(3)29-25(30)23-22(27)18-17-20(2)24(23)28/h17-18,21H,4-16,19H2,1-3H3,(H,29,30). The molecule has 0 bridgehead atoms. The Kier molecular flexibility index (Phi) is 14.6. The Bertz CT molecular complexity index is 694. The lowest BCUT2D eigenvalue weighted by Gasteiger charge is -2.14. The molecule has 0 aliphatic carbocycles. The molecule has 6 heteroatoms. The van der Waals surface area contributed by atoms with Gasteiger partial charge in [0.15, 0.2) is 0 Å². The zero-order valence-corrected chi connectivity index (χ0v) is 20.1. The summed E-state index contributed by atoms with van der Waals surface area (Å²) in [4.78, 5) is 24.2. The molecule has 1 rings (SSSR count). The number of esters is 1. The fourth-order valence-corrected chi connectivity index (χ4v) is 3.61. The van der Waals surface area contributed by atoms with Crippen LogP contribution in [0.2, 0.25) is 0 Å². The van der Waals surface area contributed by atoms with Gasteiger partial charge in [0.1, 0.15) is 23.2 Å². The Morgan fingerprint density at radius 1 is 0.875 bits per heavy atom. The second kappa shape index (κ2) is 16.6. The number of ether oxygens (including phenoxy) is 1. The quantitative estimate of drug-likeness (QED) is 0.204.